The molecular weight excluding hydrogens is 334 g/mol. The number of halogens is 1. The molecule has 1 aliphatic rings. The Hall–Kier alpha value is -0.910. The summed E-state index contributed by atoms with van der Waals surface area (Å²) in [5, 5.41) is 0.471. The monoisotopic (exact) mass is 356 g/mol. The van der Waals surface area contributed by atoms with Gasteiger partial charge in [-0.05, 0) is 43.0 Å². The summed E-state index contributed by atoms with van der Waals surface area (Å²) in [4.78, 5) is 12.8. The Morgan fingerprint density at radius 1 is 1.09 bits per heavy atom. The van der Waals surface area contributed by atoms with E-state index in [-0.39, 0.29) is 16.6 Å². The van der Waals surface area contributed by atoms with Gasteiger partial charge < -0.3 is 0 Å². The Morgan fingerprint density at radius 2 is 1.65 bits per heavy atom. The zero-order valence-electron chi connectivity index (χ0n) is 13.5. The molecule has 127 valence electrons. The molecule has 1 atom stereocenters. The second kappa shape index (κ2) is 7.77. The molecule has 1 fully saturated rings. The average molecular weight is 357 g/mol. The van der Waals surface area contributed by atoms with Gasteiger partial charge in [0.15, 0.2) is 5.78 Å². The van der Waals surface area contributed by atoms with Crippen molar-refractivity contribution in [2.45, 2.75) is 56.9 Å². The molecule has 0 spiro atoms. The number of nitrogens with one attached hydrogen (secondary N) is 1. The predicted octanol–water partition coefficient (Wildman–Crippen LogP) is 3.75. The number of Topliss-reactive ketones (excluding diaryl/α,β-unsaturated/α-hetero) is 1. The molecule has 1 aromatic rings. The molecule has 0 heterocycles. The maximum Gasteiger partial charge on any atom is 0.241 e. The third-order valence-electron chi connectivity index (χ3n) is 4.16. The second-order valence-electron chi connectivity index (χ2n) is 6.33. The van der Waals surface area contributed by atoms with Crippen molar-refractivity contribution in [2.75, 3.05) is 0 Å². The van der Waals surface area contributed by atoms with Crippen molar-refractivity contribution in [3.05, 3.63) is 35.2 Å². The van der Waals surface area contributed by atoms with E-state index in [1.165, 1.54) is 24.3 Å². The van der Waals surface area contributed by atoms with Crippen LogP contribution in [0.2, 0.25) is 5.02 Å². The molecule has 1 N–H and O–H groups in total. The Kier molecular flexibility index (Phi) is 6.23. The summed E-state index contributed by atoms with van der Waals surface area (Å²) in [6, 6.07) is 5.22. The minimum Gasteiger partial charge on any atom is -0.297 e. The van der Waals surface area contributed by atoms with Crippen LogP contribution in [-0.4, -0.2) is 20.2 Å². The fourth-order valence-corrected chi connectivity index (χ4v) is 4.26. The molecule has 0 saturated heterocycles. The highest BCUT2D eigenvalue weighted by Crippen LogP contribution is 2.29. The third kappa shape index (κ3) is 4.78. The summed E-state index contributed by atoms with van der Waals surface area (Å²) in [7, 11) is -3.75. The standard InChI is InChI=1S/C17H23ClNO3S/c1-12(2)16(17(20)13-6-4-3-5-7-13)19-23(21,22)15-10-8-14(18)9-11-15/h8-12,16,19H,3-7H2,1-2H3/t16-/m1/s1. The first-order valence-electron chi connectivity index (χ1n) is 7.98. The summed E-state index contributed by atoms with van der Waals surface area (Å²) < 4.78 is 27.6. The molecule has 0 bridgehead atoms. The minimum atomic E-state index is -3.75. The summed E-state index contributed by atoms with van der Waals surface area (Å²) in [6.07, 6.45) is 4.72. The van der Waals surface area contributed by atoms with Gasteiger partial charge in [-0.15, -0.1) is 0 Å². The molecule has 4 nitrogen and oxygen atoms in total. The van der Waals surface area contributed by atoms with Gasteiger partial charge in [0.2, 0.25) is 10.0 Å². The lowest BCUT2D eigenvalue weighted by atomic mass is 9.82. The van der Waals surface area contributed by atoms with Crippen molar-refractivity contribution in [2.24, 2.45) is 5.92 Å². The van der Waals surface area contributed by atoms with E-state index in [1.807, 2.05) is 13.8 Å². The highest BCUT2D eigenvalue weighted by atomic mass is 35.5. The minimum absolute atomic E-state index is 0.0581. The lowest BCUT2D eigenvalue weighted by molar-refractivity contribution is -0.120. The van der Waals surface area contributed by atoms with E-state index in [4.69, 9.17) is 11.6 Å². The molecule has 1 saturated carbocycles. The Balaban J connectivity index is 2.17. The van der Waals surface area contributed by atoms with Gasteiger partial charge in [0.1, 0.15) is 0 Å². The van der Waals surface area contributed by atoms with Crippen molar-refractivity contribution in [3.63, 3.8) is 0 Å². The van der Waals surface area contributed by atoms with Crippen LogP contribution in [0.5, 0.6) is 0 Å². The van der Waals surface area contributed by atoms with E-state index in [0.717, 1.165) is 38.0 Å². The quantitative estimate of drug-likeness (QED) is 0.844. The maximum atomic E-state index is 12.7. The van der Waals surface area contributed by atoms with E-state index in [0.29, 0.717) is 5.02 Å². The van der Waals surface area contributed by atoms with Gasteiger partial charge in [0.25, 0.3) is 0 Å². The fourth-order valence-electron chi connectivity index (χ4n) is 2.79. The summed E-state index contributed by atoms with van der Waals surface area (Å²) in [5.74, 6) is 0.699. The van der Waals surface area contributed by atoms with Gasteiger partial charge in [0.05, 0.1) is 10.9 Å². The van der Waals surface area contributed by atoms with Crippen LogP contribution in [0.1, 0.15) is 46.0 Å². The summed E-state index contributed by atoms with van der Waals surface area (Å²) >= 11 is 5.80. The zero-order valence-corrected chi connectivity index (χ0v) is 15.1. The first-order valence-corrected chi connectivity index (χ1v) is 9.84. The van der Waals surface area contributed by atoms with E-state index < -0.39 is 16.1 Å². The summed E-state index contributed by atoms with van der Waals surface area (Å²) in [6.45, 7) is 3.71. The van der Waals surface area contributed by atoms with Crippen LogP contribution in [0.25, 0.3) is 0 Å². The molecule has 2 rings (SSSR count). The van der Waals surface area contributed by atoms with Crippen molar-refractivity contribution < 1.29 is 13.2 Å². The van der Waals surface area contributed by atoms with Gasteiger partial charge in [-0.1, -0.05) is 44.7 Å². The molecule has 0 aliphatic heterocycles. The molecule has 0 amide bonds. The van der Waals surface area contributed by atoms with Gasteiger partial charge in [0, 0.05) is 10.9 Å². The number of ketones is 1. The number of carbonyl (C=O) groups excluding carboxylic acids is 1. The Bertz CT molecular complexity index is 634. The third-order valence-corrected chi connectivity index (χ3v) is 5.87. The average Bonchev–Trinajstić information content (AvgIpc) is 2.53. The SMILES string of the molecule is CC(C)[C@@H](NS(=O)(=O)c1ccc(Cl)cc1)C(=O)[C]1CCCCC1. The maximum absolute atomic E-state index is 12.7. The van der Waals surface area contributed by atoms with Gasteiger partial charge in [-0.2, -0.15) is 0 Å². The highest BCUT2D eigenvalue weighted by Gasteiger charge is 2.33. The van der Waals surface area contributed by atoms with E-state index in [2.05, 4.69) is 4.72 Å². The van der Waals surface area contributed by atoms with Crippen LogP contribution in [0.3, 0.4) is 0 Å². The zero-order chi connectivity index (χ0) is 17.0. The van der Waals surface area contributed by atoms with Crippen LogP contribution in [0.15, 0.2) is 29.2 Å². The van der Waals surface area contributed by atoms with Gasteiger partial charge in [-0.25, -0.2) is 13.1 Å². The number of carbonyl (C=O) groups is 1. The highest BCUT2D eigenvalue weighted by molar-refractivity contribution is 7.89. The van der Waals surface area contributed by atoms with Crippen LogP contribution < -0.4 is 4.72 Å². The second-order valence-corrected chi connectivity index (χ2v) is 8.48. The normalized spacial score (nSPS) is 18.1. The number of hydrogen-bond acceptors (Lipinski definition) is 3. The van der Waals surface area contributed by atoms with Gasteiger partial charge >= 0.3 is 0 Å². The van der Waals surface area contributed by atoms with Crippen LogP contribution in [-0.2, 0) is 14.8 Å². The molecule has 1 radical (unpaired) electrons. The summed E-state index contributed by atoms with van der Waals surface area (Å²) in [5.41, 5.74) is 0. The number of hydrogen-bond donors (Lipinski definition) is 1. The van der Waals surface area contributed by atoms with E-state index in [1.54, 1.807) is 0 Å². The van der Waals surface area contributed by atoms with Crippen molar-refractivity contribution >= 4 is 27.4 Å². The predicted molar refractivity (Wildman–Crippen MR) is 91.7 cm³/mol. The fraction of sp³-hybridized carbons (Fsp3) is 0.529. The number of benzene rings is 1. The van der Waals surface area contributed by atoms with Crippen molar-refractivity contribution in [1.29, 1.82) is 0 Å². The van der Waals surface area contributed by atoms with Gasteiger partial charge in [-0.3, -0.25) is 4.79 Å². The largest absolute Gasteiger partial charge is 0.297 e. The molecule has 6 heteroatoms. The topological polar surface area (TPSA) is 63.2 Å². The van der Waals surface area contributed by atoms with Crippen LogP contribution >= 0.6 is 11.6 Å². The molecule has 0 aromatic heterocycles. The number of sulfonamides is 1. The Morgan fingerprint density at radius 3 is 2.17 bits per heavy atom. The molecule has 1 aliphatic carbocycles. The van der Waals surface area contributed by atoms with Crippen LogP contribution in [0, 0.1) is 11.8 Å². The lowest BCUT2D eigenvalue weighted by Crippen LogP contribution is -2.46. The van der Waals surface area contributed by atoms with Crippen LogP contribution in [0.4, 0.5) is 0 Å². The smallest absolute Gasteiger partial charge is 0.241 e. The lowest BCUT2D eigenvalue weighted by Gasteiger charge is -2.27. The number of rotatable bonds is 6. The molecule has 1 aromatic carbocycles. The molecule has 0 unspecified atom stereocenters. The first-order chi connectivity index (χ1) is 10.8. The van der Waals surface area contributed by atoms with Crippen molar-refractivity contribution in [3.8, 4) is 0 Å². The molecular formula is C17H23ClNO3S. The van der Waals surface area contributed by atoms with Crippen molar-refractivity contribution in [1.82, 2.24) is 4.72 Å². The first kappa shape index (κ1) is 18.4. The molecule has 23 heavy (non-hydrogen) atoms. The van der Waals surface area contributed by atoms with E-state index in [9.17, 15) is 13.2 Å². The Labute approximate surface area is 143 Å². The van der Waals surface area contributed by atoms with E-state index >= 15 is 0 Å².